The molecular weight excluding hydrogens is 304 g/mol. The molecule has 0 radical (unpaired) electrons. The lowest BCUT2D eigenvalue weighted by Crippen LogP contribution is -2.42. The molecule has 0 saturated heterocycles. The summed E-state index contributed by atoms with van der Waals surface area (Å²) in [5, 5.41) is 5.96. The van der Waals surface area contributed by atoms with Crippen molar-refractivity contribution >= 4 is 16.0 Å². The van der Waals surface area contributed by atoms with Gasteiger partial charge in [-0.05, 0) is 5.56 Å². The van der Waals surface area contributed by atoms with Crippen LogP contribution in [0.4, 0.5) is 0 Å². The summed E-state index contributed by atoms with van der Waals surface area (Å²) >= 11 is 0. The smallest absolute Gasteiger partial charge is 0.213 e. The normalized spacial score (nSPS) is 12.2. The molecule has 1 aromatic rings. The highest BCUT2D eigenvalue weighted by atomic mass is 32.2. The maximum absolute atomic E-state index is 11.9. The predicted molar refractivity (Wildman–Crippen MR) is 88.3 cm³/mol. The van der Waals surface area contributed by atoms with Crippen molar-refractivity contribution < 1.29 is 13.2 Å². The molecule has 0 atom stereocenters. The van der Waals surface area contributed by atoms with Crippen molar-refractivity contribution in [2.45, 2.75) is 6.54 Å². The number of nitrogens with one attached hydrogen (secondary N) is 3. The summed E-state index contributed by atoms with van der Waals surface area (Å²) in [7, 11) is -0.0856. The molecule has 0 bridgehead atoms. The van der Waals surface area contributed by atoms with Gasteiger partial charge in [0.05, 0.1) is 12.4 Å². The van der Waals surface area contributed by atoms with Crippen molar-refractivity contribution in [3.8, 4) is 0 Å². The van der Waals surface area contributed by atoms with Crippen LogP contribution in [0.5, 0.6) is 0 Å². The highest BCUT2D eigenvalue weighted by molar-refractivity contribution is 7.89. The lowest BCUT2D eigenvalue weighted by molar-refractivity contribution is 0.203. The molecule has 22 heavy (non-hydrogen) atoms. The van der Waals surface area contributed by atoms with E-state index in [1.807, 2.05) is 30.3 Å². The van der Waals surface area contributed by atoms with Gasteiger partial charge in [0.2, 0.25) is 10.0 Å². The van der Waals surface area contributed by atoms with Crippen molar-refractivity contribution in [2.75, 3.05) is 39.6 Å². The Hall–Kier alpha value is -1.64. The molecule has 0 saturated carbocycles. The third-order valence-electron chi connectivity index (χ3n) is 2.82. The molecule has 1 rings (SSSR count). The first-order chi connectivity index (χ1) is 10.6. The van der Waals surface area contributed by atoms with Crippen LogP contribution in [-0.2, 0) is 21.3 Å². The molecule has 0 amide bonds. The second-order valence-corrected chi connectivity index (χ2v) is 6.47. The molecule has 0 spiro atoms. The molecule has 7 nitrogen and oxygen atoms in total. The summed E-state index contributed by atoms with van der Waals surface area (Å²) in [5.41, 5.74) is 0.927. The zero-order valence-electron chi connectivity index (χ0n) is 13.0. The summed E-state index contributed by atoms with van der Waals surface area (Å²) in [5.74, 6) is 0.528. The lowest BCUT2D eigenvalue weighted by atomic mass is 10.2. The van der Waals surface area contributed by atoms with Gasteiger partial charge in [-0.25, -0.2) is 13.1 Å². The van der Waals surface area contributed by atoms with Gasteiger partial charge >= 0.3 is 0 Å². The first-order valence-electron chi connectivity index (χ1n) is 7.02. The number of hydrogen-bond donors (Lipinski definition) is 3. The van der Waals surface area contributed by atoms with Gasteiger partial charge in [-0.3, -0.25) is 4.99 Å². The van der Waals surface area contributed by atoms with Crippen LogP contribution in [0.1, 0.15) is 5.56 Å². The number of methoxy groups -OCH3 is 1. The molecule has 0 aliphatic heterocycles. The van der Waals surface area contributed by atoms with Crippen molar-refractivity contribution in [1.82, 2.24) is 15.4 Å². The Morgan fingerprint density at radius 3 is 2.50 bits per heavy atom. The summed E-state index contributed by atoms with van der Waals surface area (Å²) in [6.45, 7) is 1.73. The summed E-state index contributed by atoms with van der Waals surface area (Å²) in [6, 6.07) is 9.40. The van der Waals surface area contributed by atoms with E-state index in [-0.39, 0.29) is 12.3 Å². The Morgan fingerprint density at radius 2 is 1.86 bits per heavy atom. The minimum atomic E-state index is -3.33. The van der Waals surface area contributed by atoms with Gasteiger partial charge in [-0.2, -0.15) is 0 Å². The van der Waals surface area contributed by atoms with E-state index in [0.29, 0.717) is 25.7 Å². The molecule has 0 fully saturated rings. The number of sulfonamides is 1. The highest BCUT2D eigenvalue weighted by Gasteiger charge is 2.10. The number of rotatable bonds is 9. The van der Waals surface area contributed by atoms with Crippen LogP contribution < -0.4 is 15.4 Å². The van der Waals surface area contributed by atoms with E-state index in [1.54, 1.807) is 14.2 Å². The monoisotopic (exact) mass is 328 g/mol. The zero-order chi connectivity index (χ0) is 16.3. The molecule has 8 heteroatoms. The highest BCUT2D eigenvalue weighted by Crippen LogP contribution is 1.98. The number of nitrogens with zero attached hydrogens (tertiary/aromatic N) is 1. The number of aliphatic imine (C=N–C) groups is 1. The fourth-order valence-corrected chi connectivity index (χ4v) is 2.56. The number of benzene rings is 1. The zero-order valence-corrected chi connectivity index (χ0v) is 13.8. The van der Waals surface area contributed by atoms with Gasteiger partial charge in [0, 0.05) is 33.8 Å². The van der Waals surface area contributed by atoms with Crippen molar-refractivity contribution in [1.29, 1.82) is 0 Å². The van der Waals surface area contributed by atoms with Gasteiger partial charge in [-0.15, -0.1) is 0 Å². The van der Waals surface area contributed by atoms with Crippen molar-refractivity contribution in [3.05, 3.63) is 35.9 Å². The maximum Gasteiger partial charge on any atom is 0.213 e. The van der Waals surface area contributed by atoms with Gasteiger partial charge in [0.1, 0.15) is 0 Å². The van der Waals surface area contributed by atoms with Crippen molar-refractivity contribution in [2.24, 2.45) is 4.99 Å². The average Bonchev–Trinajstić information content (AvgIpc) is 2.52. The fourth-order valence-electron chi connectivity index (χ4n) is 1.66. The first-order valence-corrected chi connectivity index (χ1v) is 8.67. The van der Waals surface area contributed by atoms with Gasteiger partial charge in [0.25, 0.3) is 0 Å². The summed E-state index contributed by atoms with van der Waals surface area (Å²) in [6.07, 6.45) is 0. The molecule has 0 aromatic heterocycles. The average molecular weight is 328 g/mol. The predicted octanol–water partition coefficient (Wildman–Crippen LogP) is -0.0826. The third-order valence-corrected chi connectivity index (χ3v) is 4.15. The van der Waals surface area contributed by atoms with E-state index in [4.69, 9.17) is 4.74 Å². The Kier molecular flexibility index (Phi) is 8.49. The second kappa shape index (κ2) is 10.1. The van der Waals surface area contributed by atoms with Gasteiger partial charge < -0.3 is 15.4 Å². The minimum Gasteiger partial charge on any atom is -0.383 e. The Balaban J connectivity index is 2.30. The Morgan fingerprint density at radius 1 is 1.18 bits per heavy atom. The second-order valence-electron chi connectivity index (χ2n) is 4.54. The van der Waals surface area contributed by atoms with Gasteiger partial charge in [-0.1, -0.05) is 30.3 Å². The van der Waals surface area contributed by atoms with Crippen LogP contribution in [0.25, 0.3) is 0 Å². The number of ether oxygens (including phenoxy) is 1. The minimum absolute atomic E-state index is 0.0230. The standard InChI is InChI=1S/C14H24N4O3S/c1-15-14(16-8-10-21-2)17-9-11-22(19,20)18-12-13-6-4-3-5-7-13/h3-7,18H,8-12H2,1-2H3,(H2,15,16,17). The molecule has 3 N–H and O–H groups in total. The molecular formula is C14H24N4O3S. The molecule has 1 aromatic carbocycles. The summed E-state index contributed by atoms with van der Waals surface area (Å²) < 4.78 is 31.3. The van der Waals surface area contributed by atoms with E-state index >= 15 is 0 Å². The van der Waals surface area contributed by atoms with Crippen LogP contribution in [0.15, 0.2) is 35.3 Å². The maximum atomic E-state index is 11.9. The van der Waals surface area contributed by atoms with Crippen LogP contribution in [0.2, 0.25) is 0 Å². The molecule has 0 heterocycles. The van der Waals surface area contributed by atoms with E-state index in [0.717, 1.165) is 5.56 Å². The number of hydrogen-bond acceptors (Lipinski definition) is 4. The van der Waals surface area contributed by atoms with E-state index in [9.17, 15) is 8.42 Å². The van der Waals surface area contributed by atoms with Crippen LogP contribution in [0, 0.1) is 0 Å². The van der Waals surface area contributed by atoms with E-state index < -0.39 is 10.0 Å². The molecule has 0 aliphatic carbocycles. The topological polar surface area (TPSA) is 91.8 Å². The summed E-state index contributed by atoms with van der Waals surface area (Å²) in [4.78, 5) is 4.00. The Labute approximate surface area is 132 Å². The van der Waals surface area contributed by atoms with Crippen molar-refractivity contribution in [3.63, 3.8) is 0 Å². The molecule has 0 aliphatic rings. The molecule has 0 unspecified atom stereocenters. The third kappa shape index (κ3) is 7.96. The Bertz CT molecular complexity index is 546. The largest absolute Gasteiger partial charge is 0.383 e. The van der Waals surface area contributed by atoms with Crippen LogP contribution in [0.3, 0.4) is 0 Å². The SMILES string of the molecule is CN=C(NCCOC)NCCS(=O)(=O)NCc1ccccc1. The number of guanidine groups is 1. The van der Waals surface area contributed by atoms with E-state index in [1.165, 1.54) is 0 Å². The molecule has 124 valence electrons. The van der Waals surface area contributed by atoms with Crippen LogP contribution in [-0.4, -0.2) is 54.0 Å². The first kappa shape index (κ1) is 18.4. The van der Waals surface area contributed by atoms with E-state index in [2.05, 4.69) is 20.3 Å². The fraction of sp³-hybridized carbons (Fsp3) is 0.500. The lowest BCUT2D eigenvalue weighted by Gasteiger charge is -2.12. The van der Waals surface area contributed by atoms with Crippen LogP contribution >= 0.6 is 0 Å². The van der Waals surface area contributed by atoms with Gasteiger partial charge in [0.15, 0.2) is 5.96 Å². The quantitative estimate of drug-likeness (QED) is 0.335.